The topological polar surface area (TPSA) is 61.4 Å². The first-order valence-corrected chi connectivity index (χ1v) is 11.9. The third-order valence-electron chi connectivity index (χ3n) is 7.08. The average molecular weight is 478 g/mol. The van der Waals surface area contributed by atoms with Crippen molar-refractivity contribution >= 4 is 40.7 Å². The molecule has 1 fully saturated rings. The number of fused-ring (bicyclic) bond motifs is 2. The number of carbonyl (C=O) groups excluding carboxylic acids is 2. The molecular weight excluding hydrogens is 446 g/mol. The van der Waals surface area contributed by atoms with Crippen molar-refractivity contribution in [2.45, 2.75) is 57.2 Å². The Morgan fingerprint density at radius 3 is 2.50 bits per heavy atom. The highest BCUT2D eigenvalue weighted by Crippen LogP contribution is 2.43. The number of rotatable bonds is 6. The monoisotopic (exact) mass is 477 g/mol. The molecule has 0 saturated heterocycles. The average Bonchev–Trinajstić information content (AvgIpc) is 3.69. The summed E-state index contributed by atoms with van der Waals surface area (Å²) in [7, 11) is 1.75. The highest BCUT2D eigenvalue weighted by atomic mass is 35.5. The molecule has 1 saturated carbocycles. The summed E-state index contributed by atoms with van der Waals surface area (Å²) in [6.45, 7) is 2.28. The SMILES string of the molecule is CNC(C)C(=O)NC1CCc2ccccc2N(Cc2cccc3c(C4CC4)cccc23)C1=O.Cl. The number of hydrogen-bond donors (Lipinski definition) is 2. The van der Waals surface area contributed by atoms with Gasteiger partial charge in [-0.1, -0.05) is 54.6 Å². The summed E-state index contributed by atoms with van der Waals surface area (Å²) in [5.74, 6) is 0.464. The smallest absolute Gasteiger partial charge is 0.249 e. The fraction of sp³-hybridized carbons (Fsp3) is 0.357. The predicted molar refractivity (Wildman–Crippen MR) is 140 cm³/mol. The number of amides is 2. The first-order valence-electron chi connectivity index (χ1n) is 11.9. The van der Waals surface area contributed by atoms with E-state index in [2.05, 4.69) is 53.1 Å². The van der Waals surface area contributed by atoms with E-state index in [0.29, 0.717) is 18.9 Å². The Labute approximate surface area is 207 Å². The van der Waals surface area contributed by atoms with E-state index in [1.807, 2.05) is 23.1 Å². The molecule has 6 heteroatoms. The van der Waals surface area contributed by atoms with Gasteiger partial charge in [0.15, 0.2) is 0 Å². The molecule has 0 aromatic heterocycles. The van der Waals surface area contributed by atoms with Gasteiger partial charge in [0.1, 0.15) is 6.04 Å². The summed E-state index contributed by atoms with van der Waals surface area (Å²) in [6, 6.07) is 20.2. The zero-order valence-electron chi connectivity index (χ0n) is 19.7. The van der Waals surface area contributed by atoms with Crippen molar-refractivity contribution < 1.29 is 9.59 Å². The van der Waals surface area contributed by atoms with Crippen molar-refractivity contribution in [1.82, 2.24) is 10.6 Å². The molecule has 3 aromatic carbocycles. The van der Waals surface area contributed by atoms with Crippen molar-refractivity contribution in [2.75, 3.05) is 11.9 Å². The molecule has 2 amide bonds. The van der Waals surface area contributed by atoms with Gasteiger partial charge in [-0.15, -0.1) is 12.4 Å². The summed E-state index contributed by atoms with van der Waals surface area (Å²) >= 11 is 0. The van der Waals surface area contributed by atoms with Gasteiger partial charge >= 0.3 is 0 Å². The Morgan fingerprint density at radius 1 is 1.00 bits per heavy atom. The maximum absolute atomic E-state index is 13.8. The highest BCUT2D eigenvalue weighted by Gasteiger charge is 2.32. The van der Waals surface area contributed by atoms with Gasteiger partial charge in [0.05, 0.1) is 12.6 Å². The van der Waals surface area contributed by atoms with Crippen molar-refractivity contribution in [2.24, 2.45) is 0 Å². The molecular formula is C28H32ClN3O2. The lowest BCUT2D eigenvalue weighted by molar-refractivity contribution is -0.128. The van der Waals surface area contributed by atoms with Gasteiger partial charge in [-0.25, -0.2) is 0 Å². The van der Waals surface area contributed by atoms with Crippen LogP contribution in [0.5, 0.6) is 0 Å². The minimum atomic E-state index is -0.544. The fourth-order valence-electron chi connectivity index (χ4n) is 4.90. The van der Waals surface area contributed by atoms with Crippen LogP contribution in [0, 0.1) is 0 Å². The summed E-state index contributed by atoms with van der Waals surface area (Å²) in [6.07, 6.45) is 3.86. The highest BCUT2D eigenvalue weighted by molar-refractivity contribution is 6.01. The molecule has 34 heavy (non-hydrogen) atoms. The number of para-hydroxylation sites is 1. The Balaban J connectivity index is 0.00000274. The summed E-state index contributed by atoms with van der Waals surface area (Å²) in [5, 5.41) is 8.44. The number of benzene rings is 3. The van der Waals surface area contributed by atoms with Crippen LogP contribution < -0.4 is 15.5 Å². The van der Waals surface area contributed by atoms with Crippen LogP contribution in [0.1, 0.15) is 48.8 Å². The van der Waals surface area contributed by atoms with Crippen LogP contribution in [-0.4, -0.2) is 30.9 Å². The van der Waals surface area contributed by atoms with Gasteiger partial charge in [-0.3, -0.25) is 9.59 Å². The molecule has 5 rings (SSSR count). The van der Waals surface area contributed by atoms with Gasteiger partial charge in [-0.05, 0) is 79.1 Å². The minimum Gasteiger partial charge on any atom is -0.343 e. The Hall–Kier alpha value is -2.89. The van der Waals surface area contributed by atoms with Gasteiger partial charge in [0, 0.05) is 5.69 Å². The van der Waals surface area contributed by atoms with E-state index in [1.165, 1.54) is 29.2 Å². The first-order chi connectivity index (χ1) is 16.1. The second-order valence-corrected chi connectivity index (χ2v) is 9.30. The minimum absolute atomic E-state index is 0. The van der Waals surface area contributed by atoms with E-state index in [-0.39, 0.29) is 30.3 Å². The molecule has 5 nitrogen and oxygen atoms in total. The molecule has 3 aromatic rings. The molecule has 0 radical (unpaired) electrons. The van der Waals surface area contributed by atoms with Crippen molar-refractivity contribution in [3.05, 3.63) is 77.4 Å². The molecule has 2 atom stereocenters. The maximum atomic E-state index is 13.8. The largest absolute Gasteiger partial charge is 0.343 e. The molecule has 2 aliphatic rings. The van der Waals surface area contributed by atoms with E-state index >= 15 is 0 Å². The Bertz CT molecular complexity index is 1210. The molecule has 2 N–H and O–H groups in total. The molecule has 0 spiro atoms. The number of anilines is 1. The van der Waals surface area contributed by atoms with Gasteiger partial charge < -0.3 is 15.5 Å². The molecule has 178 valence electrons. The number of carbonyl (C=O) groups is 2. The lowest BCUT2D eigenvalue weighted by Crippen LogP contribution is -2.52. The second kappa shape index (κ2) is 10.2. The fourth-order valence-corrected chi connectivity index (χ4v) is 4.90. The molecule has 1 aliphatic heterocycles. The zero-order chi connectivity index (χ0) is 22.9. The maximum Gasteiger partial charge on any atom is 0.249 e. The van der Waals surface area contributed by atoms with Gasteiger partial charge in [-0.2, -0.15) is 0 Å². The van der Waals surface area contributed by atoms with Crippen molar-refractivity contribution in [3.8, 4) is 0 Å². The van der Waals surface area contributed by atoms with Crippen LogP contribution in [0.15, 0.2) is 60.7 Å². The van der Waals surface area contributed by atoms with Crippen LogP contribution in [0.25, 0.3) is 10.8 Å². The number of nitrogens with one attached hydrogen (secondary N) is 2. The van der Waals surface area contributed by atoms with Crippen LogP contribution in [-0.2, 0) is 22.6 Å². The first kappa shape index (κ1) is 24.2. The number of hydrogen-bond acceptors (Lipinski definition) is 3. The quantitative estimate of drug-likeness (QED) is 0.540. The van der Waals surface area contributed by atoms with Crippen molar-refractivity contribution in [1.29, 1.82) is 0 Å². The number of aryl methyl sites for hydroxylation is 1. The lowest BCUT2D eigenvalue weighted by Gasteiger charge is -2.27. The molecule has 0 bridgehead atoms. The van der Waals surface area contributed by atoms with Crippen LogP contribution in [0.4, 0.5) is 5.69 Å². The van der Waals surface area contributed by atoms with Crippen LogP contribution in [0.2, 0.25) is 0 Å². The van der Waals surface area contributed by atoms with Crippen molar-refractivity contribution in [3.63, 3.8) is 0 Å². The second-order valence-electron chi connectivity index (χ2n) is 9.30. The van der Waals surface area contributed by atoms with E-state index in [9.17, 15) is 9.59 Å². The number of likely N-dealkylation sites (N-methyl/N-ethyl adjacent to an activating group) is 1. The van der Waals surface area contributed by atoms with E-state index in [0.717, 1.165) is 23.2 Å². The normalized spacial score (nSPS) is 18.6. The zero-order valence-corrected chi connectivity index (χ0v) is 20.5. The molecule has 1 aliphatic carbocycles. The molecule has 1 heterocycles. The van der Waals surface area contributed by atoms with E-state index < -0.39 is 6.04 Å². The summed E-state index contributed by atoms with van der Waals surface area (Å²) in [5.41, 5.74) is 4.64. The third-order valence-corrected chi connectivity index (χ3v) is 7.08. The van der Waals surface area contributed by atoms with Crippen LogP contribution in [0.3, 0.4) is 0 Å². The summed E-state index contributed by atoms with van der Waals surface area (Å²) in [4.78, 5) is 28.2. The van der Waals surface area contributed by atoms with Crippen LogP contribution >= 0.6 is 12.4 Å². The van der Waals surface area contributed by atoms with E-state index in [4.69, 9.17) is 0 Å². The lowest BCUT2D eigenvalue weighted by atomic mass is 9.97. The number of halogens is 1. The van der Waals surface area contributed by atoms with Gasteiger partial charge in [0.25, 0.3) is 0 Å². The number of nitrogens with zero attached hydrogens (tertiary/aromatic N) is 1. The Kier molecular flexibility index (Phi) is 7.24. The van der Waals surface area contributed by atoms with Gasteiger partial charge in [0.2, 0.25) is 11.8 Å². The third kappa shape index (κ3) is 4.68. The standard InChI is InChI=1S/C28H31N3O2.ClH/c1-18(29-2)27(32)30-25-16-15-20-7-3-4-12-26(20)31(28(25)33)17-21-8-5-11-24-22(19-13-14-19)9-6-10-23(21)24;/h3-12,18-19,25,29H,13-17H2,1-2H3,(H,30,32);1H. The summed E-state index contributed by atoms with van der Waals surface area (Å²) < 4.78 is 0. The van der Waals surface area contributed by atoms with E-state index in [1.54, 1.807) is 14.0 Å². The molecule has 2 unspecified atom stereocenters. The predicted octanol–water partition coefficient (Wildman–Crippen LogP) is 4.71. The Morgan fingerprint density at radius 2 is 1.74 bits per heavy atom.